The molecule has 0 atom stereocenters. The first kappa shape index (κ1) is 52.0. The zero-order valence-corrected chi connectivity index (χ0v) is 51.8. The molecule has 11 aromatic carbocycles. The summed E-state index contributed by atoms with van der Waals surface area (Å²) < 4.78 is 0. The molecule has 11 aromatic rings. The molecule has 0 spiro atoms. The van der Waals surface area contributed by atoms with Crippen molar-refractivity contribution in [1.82, 2.24) is 0 Å². The molecule has 23 rings (SSSR count). The highest BCUT2D eigenvalue weighted by atomic mass is 15.3. The van der Waals surface area contributed by atoms with Gasteiger partial charge in [0.05, 0.1) is 5.69 Å². The van der Waals surface area contributed by atoms with E-state index in [9.17, 15) is 0 Å². The Labute approximate surface area is 541 Å². The average Bonchev–Trinajstić information content (AvgIpc) is 0.684. The van der Waals surface area contributed by atoms with Crippen molar-refractivity contribution in [2.24, 2.45) is 23.7 Å². The first-order chi connectivity index (χ1) is 45.6. The molecule has 0 radical (unpaired) electrons. The van der Waals surface area contributed by atoms with Crippen LogP contribution in [0.5, 0.6) is 0 Å². The first-order valence-corrected chi connectivity index (χ1v) is 34.5. The van der Waals surface area contributed by atoms with E-state index in [1.54, 1.807) is 0 Å². The Hall–Kier alpha value is -9.65. The van der Waals surface area contributed by atoms with Gasteiger partial charge in [-0.2, -0.15) is 0 Å². The SMILES string of the molecule is c1ccc(-c2cccc(-c3ccccc3)c2N2c3cc4c(cc3B3c5ccccc5N(c5ccccc5)c5cc(N6C7CC8CC(C7)CC6C8)cc2c53)B2c3ccccc3N(c3ccccc3)c3cc(N5C6CC7CC(C6)CC5C7)cc(c32)N4c2ccccc2)cc1. The molecule has 0 amide bonds. The molecule has 0 aromatic heterocycles. The minimum Gasteiger partial charge on any atom is -0.365 e. The summed E-state index contributed by atoms with van der Waals surface area (Å²) in [4.78, 5) is 16.7. The molecule has 92 heavy (non-hydrogen) atoms. The van der Waals surface area contributed by atoms with Gasteiger partial charge in [0.15, 0.2) is 0 Å². The molecule has 8 heterocycles. The molecule has 442 valence electrons. The maximum atomic E-state index is 2.95. The smallest absolute Gasteiger partial charge is 0.252 e. The molecular formula is C84H70B2N6. The Morgan fingerprint density at radius 2 is 0.565 bits per heavy atom. The Kier molecular flexibility index (Phi) is 11.3. The summed E-state index contributed by atoms with van der Waals surface area (Å²) in [6.45, 7) is -0.173. The molecule has 8 bridgehead atoms. The standard InChI is InChI=1S/C84H70B2N6/c1-6-21-57(22-7-1)68-31-20-32-69(58-23-8-2-9-24-58)84(68)92-77-52-76-72(51-73(77)86-71-34-17-19-36-75(71)90(60-27-12-4-13-28-60)79-48-67(50-81(92)83(79)86)88-64-43-55-38-56(45-64)46-65(88)44-55)85-70-33-16-18-35-74(70)89(59-25-10-3-11-26-59)78-47-66(87-62-39-53-37-54(41-62)42-63(87)40-53)49-80(82(78)85)91(76)61-29-14-5-15-30-61/h1-36,47-56,62-65H,37-46H2. The van der Waals surface area contributed by atoms with Crippen LogP contribution in [0.25, 0.3) is 22.3 Å². The lowest BCUT2D eigenvalue weighted by atomic mass is 9.30. The van der Waals surface area contributed by atoms with Gasteiger partial charge in [0, 0.05) is 109 Å². The molecule has 4 saturated heterocycles. The number of nitrogens with zero attached hydrogens (tertiary/aromatic N) is 6. The van der Waals surface area contributed by atoms with Crippen molar-refractivity contribution in [2.45, 2.75) is 88.4 Å². The van der Waals surface area contributed by atoms with Crippen molar-refractivity contribution in [2.75, 3.05) is 29.4 Å². The maximum absolute atomic E-state index is 2.95. The van der Waals surface area contributed by atoms with E-state index in [1.165, 1.54) is 199 Å². The number of benzene rings is 11. The summed E-state index contributed by atoms with van der Waals surface area (Å²) in [6.07, 6.45) is 13.2. The number of fused-ring (bicyclic) bond motifs is 8. The van der Waals surface area contributed by atoms with Crippen molar-refractivity contribution >= 4 is 126 Å². The lowest BCUT2D eigenvalue weighted by molar-refractivity contribution is 0.0899. The van der Waals surface area contributed by atoms with Gasteiger partial charge in [0.2, 0.25) is 0 Å². The molecule has 4 aliphatic carbocycles. The summed E-state index contributed by atoms with van der Waals surface area (Å²) in [5.41, 5.74) is 30.5. The van der Waals surface area contributed by atoms with E-state index >= 15 is 0 Å². The van der Waals surface area contributed by atoms with Gasteiger partial charge in [-0.3, -0.25) is 0 Å². The monoisotopic (exact) mass is 1180 g/mol. The van der Waals surface area contributed by atoms with E-state index in [0.717, 1.165) is 23.7 Å². The minimum atomic E-state index is -0.0999. The van der Waals surface area contributed by atoms with Crippen LogP contribution in [0, 0.1) is 23.7 Å². The fourth-order valence-corrected chi connectivity index (χ4v) is 20.9. The van der Waals surface area contributed by atoms with Gasteiger partial charge in [-0.15, -0.1) is 0 Å². The van der Waals surface area contributed by atoms with Gasteiger partial charge >= 0.3 is 0 Å². The van der Waals surface area contributed by atoms with E-state index in [2.05, 4.69) is 284 Å². The molecule has 0 N–H and O–H groups in total. The van der Waals surface area contributed by atoms with E-state index in [4.69, 9.17) is 0 Å². The lowest BCUT2D eigenvalue weighted by Crippen LogP contribution is -2.65. The van der Waals surface area contributed by atoms with Gasteiger partial charge in [-0.1, -0.05) is 176 Å². The summed E-state index contributed by atoms with van der Waals surface area (Å²) in [7, 11) is 0. The number of para-hydroxylation sites is 6. The normalized spacial score (nSPS) is 23.5. The second-order valence-electron chi connectivity index (χ2n) is 28.8. The second kappa shape index (κ2) is 19.9. The van der Waals surface area contributed by atoms with Crippen LogP contribution in [-0.4, -0.2) is 37.6 Å². The van der Waals surface area contributed by atoms with Gasteiger partial charge in [0.25, 0.3) is 13.4 Å². The zero-order valence-electron chi connectivity index (χ0n) is 51.8. The summed E-state index contributed by atoms with van der Waals surface area (Å²) in [5, 5.41) is 0. The molecule has 8 aliphatic heterocycles. The van der Waals surface area contributed by atoms with Crippen LogP contribution >= 0.6 is 0 Å². The fraction of sp³-hybridized carbons (Fsp3) is 0.214. The molecular weight excluding hydrogens is 1110 g/mol. The largest absolute Gasteiger partial charge is 0.365 e. The van der Waals surface area contributed by atoms with Crippen molar-refractivity contribution in [3.8, 4) is 22.3 Å². The highest BCUT2D eigenvalue weighted by Crippen LogP contribution is 2.58. The van der Waals surface area contributed by atoms with Crippen molar-refractivity contribution in [1.29, 1.82) is 0 Å². The van der Waals surface area contributed by atoms with Crippen LogP contribution in [0.2, 0.25) is 0 Å². The Balaban J connectivity index is 0.898. The van der Waals surface area contributed by atoms with Gasteiger partial charge in [-0.05, 0) is 211 Å². The van der Waals surface area contributed by atoms with Gasteiger partial charge < -0.3 is 29.4 Å². The van der Waals surface area contributed by atoms with Crippen LogP contribution < -0.4 is 62.2 Å². The predicted octanol–water partition coefficient (Wildman–Crippen LogP) is 16.7. The van der Waals surface area contributed by atoms with Crippen molar-refractivity contribution < 1.29 is 0 Å². The van der Waals surface area contributed by atoms with Crippen molar-refractivity contribution in [3.63, 3.8) is 0 Å². The third-order valence-electron chi connectivity index (χ3n) is 23.9. The number of anilines is 14. The topological polar surface area (TPSA) is 19.4 Å². The maximum Gasteiger partial charge on any atom is 0.252 e. The van der Waals surface area contributed by atoms with Crippen molar-refractivity contribution in [3.05, 3.63) is 255 Å². The molecule has 4 saturated carbocycles. The van der Waals surface area contributed by atoms with Crippen LogP contribution in [-0.2, 0) is 0 Å². The predicted molar refractivity (Wildman–Crippen MR) is 386 cm³/mol. The molecule has 8 heteroatoms. The third kappa shape index (κ3) is 7.58. The third-order valence-corrected chi connectivity index (χ3v) is 23.9. The summed E-state index contributed by atoms with van der Waals surface area (Å²) >= 11 is 0. The van der Waals surface area contributed by atoms with E-state index in [-0.39, 0.29) is 13.4 Å². The number of hydrogen-bond acceptors (Lipinski definition) is 6. The quantitative estimate of drug-likeness (QED) is 0.140. The Bertz CT molecular complexity index is 4680. The Morgan fingerprint density at radius 3 is 0.957 bits per heavy atom. The van der Waals surface area contributed by atoms with E-state index in [1.807, 2.05) is 0 Å². The highest BCUT2D eigenvalue weighted by Gasteiger charge is 2.53. The zero-order chi connectivity index (χ0) is 59.9. The average molecular weight is 1190 g/mol. The number of rotatable bonds is 8. The van der Waals surface area contributed by atoms with Crippen LogP contribution in [0.1, 0.15) is 64.2 Å². The second-order valence-corrected chi connectivity index (χ2v) is 28.8. The first-order valence-electron chi connectivity index (χ1n) is 34.5. The molecule has 12 aliphatic rings. The van der Waals surface area contributed by atoms with Crippen LogP contribution in [0.3, 0.4) is 0 Å². The fourth-order valence-electron chi connectivity index (χ4n) is 20.9. The van der Waals surface area contributed by atoms with Gasteiger partial charge in [0.1, 0.15) is 0 Å². The van der Waals surface area contributed by atoms with Gasteiger partial charge in [-0.25, -0.2) is 0 Å². The van der Waals surface area contributed by atoms with E-state index < -0.39 is 0 Å². The van der Waals surface area contributed by atoms with Crippen LogP contribution in [0.15, 0.2) is 255 Å². The lowest BCUT2D eigenvalue weighted by Gasteiger charge is -2.58. The molecule has 0 unspecified atom stereocenters. The number of hydrogen-bond donors (Lipinski definition) is 0. The molecule has 8 fully saturated rings. The Morgan fingerprint density at radius 1 is 0.239 bits per heavy atom. The number of piperidine rings is 4. The molecule has 6 nitrogen and oxygen atoms in total. The highest BCUT2D eigenvalue weighted by molar-refractivity contribution is 7.03. The van der Waals surface area contributed by atoms with E-state index in [0.29, 0.717) is 24.2 Å². The summed E-state index contributed by atoms with van der Waals surface area (Å²) in [6, 6.07) is 101. The summed E-state index contributed by atoms with van der Waals surface area (Å²) in [5.74, 6) is 3.35. The minimum absolute atomic E-state index is 0.0727. The van der Waals surface area contributed by atoms with Crippen LogP contribution in [0.4, 0.5) is 79.6 Å².